The lowest BCUT2D eigenvalue weighted by atomic mass is 10.0. The van der Waals surface area contributed by atoms with Crippen molar-refractivity contribution in [3.8, 4) is 5.75 Å². The standard InChI is InChI=1S/C12H14O4/c1-16-12(15)10-8-9(4-2-3-7-13)5-6-11(10)14/h5-8,14H,2-4H2,1H3. The molecule has 1 aromatic carbocycles. The van der Waals surface area contributed by atoms with Crippen molar-refractivity contribution < 1.29 is 19.4 Å². The van der Waals surface area contributed by atoms with Crippen molar-refractivity contribution in [1.82, 2.24) is 0 Å². The van der Waals surface area contributed by atoms with Gasteiger partial charge < -0.3 is 14.6 Å². The number of phenols is 1. The van der Waals surface area contributed by atoms with Crippen LogP contribution in [-0.2, 0) is 16.0 Å². The van der Waals surface area contributed by atoms with Crippen LogP contribution in [0.3, 0.4) is 0 Å². The third-order valence-corrected chi connectivity index (χ3v) is 2.25. The highest BCUT2D eigenvalue weighted by Gasteiger charge is 2.11. The van der Waals surface area contributed by atoms with Gasteiger partial charge in [-0.3, -0.25) is 0 Å². The normalized spacial score (nSPS) is 9.81. The highest BCUT2D eigenvalue weighted by atomic mass is 16.5. The number of hydrogen-bond donors (Lipinski definition) is 1. The number of rotatable bonds is 5. The van der Waals surface area contributed by atoms with E-state index in [1.165, 1.54) is 13.2 Å². The fourth-order valence-electron chi connectivity index (χ4n) is 1.40. The first-order chi connectivity index (χ1) is 7.69. The molecule has 0 atom stereocenters. The molecule has 0 aliphatic heterocycles. The number of aromatic hydroxyl groups is 1. The second kappa shape index (κ2) is 5.90. The number of carbonyl (C=O) groups is 2. The van der Waals surface area contributed by atoms with Crippen LogP contribution < -0.4 is 0 Å². The van der Waals surface area contributed by atoms with Crippen LogP contribution in [0.4, 0.5) is 0 Å². The van der Waals surface area contributed by atoms with Crippen LogP contribution in [0, 0.1) is 0 Å². The largest absolute Gasteiger partial charge is 0.507 e. The Morgan fingerprint density at radius 3 is 2.88 bits per heavy atom. The van der Waals surface area contributed by atoms with Gasteiger partial charge in [0.05, 0.1) is 7.11 Å². The van der Waals surface area contributed by atoms with Gasteiger partial charge in [-0.1, -0.05) is 6.07 Å². The summed E-state index contributed by atoms with van der Waals surface area (Å²) in [5.41, 5.74) is 1.06. The van der Waals surface area contributed by atoms with E-state index in [0.29, 0.717) is 12.8 Å². The minimum absolute atomic E-state index is 0.0917. The maximum absolute atomic E-state index is 11.3. The predicted octanol–water partition coefficient (Wildman–Crippen LogP) is 1.70. The molecule has 0 radical (unpaired) electrons. The number of phenolic OH excluding ortho intramolecular Hbond substituents is 1. The third kappa shape index (κ3) is 3.08. The third-order valence-electron chi connectivity index (χ3n) is 2.25. The average Bonchev–Trinajstić information content (AvgIpc) is 2.30. The summed E-state index contributed by atoms with van der Waals surface area (Å²) in [5.74, 6) is -0.652. The van der Waals surface area contributed by atoms with E-state index in [2.05, 4.69) is 4.74 Å². The molecule has 0 heterocycles. The van der Waals surface area contributed by atoms with Crippen molar-refractivity contribution in [1.29, 1.82) is 0 Å². The van der Waals surface area contributed by atoms with Gasteiger partial charge >= 0.3 is 5.97 Å². The summed E-state index contributed by atoms with van der Waals surface area (Å²) in [6.45, 7) is 0. The molecule has 1 aromatic rings. The van der Waals surface area contributed by atoms with Crippen molar-refractivity contribution in [2.24, 2.45) is 0 Å². The van der Waals surface area contributed by atoms with E-state index in [1.807, 2.05) is 0 Å². The van der Waals surface area contributed by atoms with E-state index in [4.69, 9.17) is 0 Å². The van der Waals surface area contributed by atoms with Crippen LogP contribution in [-0.4, -0.2) is 24.5 Å². The zero-order chi connectivity index (χ0) is 12.0. The average molecular weight is 222 g/mol. The molecule has 86 valence electrons. The summed E-state index contributed by atoms with van der Waals surface area (Å²) in [5, 5.41) is 9.45. The highest BCUT2D eigenvalue weighted by Crippen LogP contribution is 2.20. The van der Waals surface area contributed by atoms with Crippen LogP contribution in [0.15, 0.2) is 18.2 Å². The second-order valence-electron chi connectivity index (χ2n) is 3.40. The van der Waals surface area contributed by atoms with Crippen molar-refractivity contribution in [3.63, 3.8) is 0 Å². The number of esters is 1. The highest BCUT2D eigenvalue weighted by molar-refractivity contribution is 5.92. The predicted molar refractivity (Wildman–Crippen MR) is 58.4 cm³/mol. The maximum atomic E-state index is 11.3. The number of methoxy groups -OCH3 is 1. The van der Waals surface area contributed by atoms with E-state index in [1.54, 1.807) is 12.1 Å². The van der Waals surface area contributed by atoms with E-state index in [9.17, 15) is 14.7 Å². The van der Waals surface area contributed by atoms with E-state index < -0.39 is 5.97 Å². The van der Waals surface area contributed by atoms with Gasteiger partial charge in [-0.25, -0.2) is 4.79 Å². The first-order valence-corrected chi connectivity index (χ1v) is 5.03. The topological polar surface area (TPSA) is 63.6 Å². The Kier molecular flexibility index (Phi) is 4.51. The number of aryl methyl sites for hydroxylation is 1. The Labute approximate surface area is 93.9 Å². The minimum atomic E-state index is -0.560. The van der Waals surface area contributed by atoms with Crippen LogP contribution in [0.2, 0.25) is 0 Å². The number of ether oxygens (including phenoxy) is 1. The molecule has 0 amide bonds. The monoisotopic (exact) mass is 222 g/mol. The zero-order valence-electron chi connectivity index (χ0n) is 9.10. The number of unbranched alkanes of at least 4 members (excludes halogenated alkanes) is 1. The van der Waals surface area contributed by atoms with Gasteiger partial charge in [-0.2, -0.15) is 0 Å². The molecular formula is C12H14O4. The molecule has 16 heavy (non-hydrogen) atoms. The molecule has 0 aliphatic carbocycles. The first kappa shape index (κ1) is 12.2. The number of benzene rings is 1. The molecule has 0 aromatic heterocycles. The van der Waals surface area contributed by atoms with Gasteiger partial charge in [0.25, 0.3) is 0 Å². The Balaban J connectivity index is 2.81. The number of aldehydes is 1. The van der Waals surface area contributed by atoms with Gasteiger partial charge in [-0.15, -0.1) is 0 Å². The lowest BCUT2D eigenvalue weighted by molar-refractivity contribution is -0.107. The van der Waals surface area contributed by atoms with Crippen molar-refractivity contribution in [2.45, 2.75) is 19.3 Å². The van der Waals surface area contributed by atoms with Gasteiger partial charge in [0, 0.05) is 6.42 Å². The van der Waals surface area contributed by atoms with Crippen LogP contribution in [0.25, 0.3) is 0 Å². The van der Waals surface area contributed by atoms with Crippen molar-refractivity contribution in [2.75, 3.05) is 7.11 Å². The molecule has 0 fully saturated rings. The second-order valence-corrected chi connectivity index (χ2v) is 3.40. The minimum Gasteiger partial charge on any atom is -0.507 e. The van der Waals surface area contributed by atoms with Crippen molar-refractivity contribution in [3.05, 3.63) is 29.3 Å². The smallest absolute Gasteiger partial charge is 0.341 e. The SMILES string of the molecule is COC(=O)c1cc(CCCC=O)ccc1O. The molecule has 0 aliphatic rings. The lowest BCUT2D eigenvalue weighted by Crippen LogP contribution is -2.02. The van der Waals surface area contributed by atoms with Crippen LogP contribution in [0.1, 0.15) is 28.8 Å². The Morgan fingerprint density at radius 2 is 2.25 bits per heavy atom. The Bertz CT molecular complexity index is 385. The first-order valence-electron chi connectivity index (χ1n) is 5.03. The van der Waals surface area contributed by atoms with Gasteiger partial charge in [0.15, 0.2) is 0 Å². The maximum Gasteiger partial charge on any atom is 0.341 e. The number of hydrogen-bond acceptors (Lipinski definition) is 4. The summed E-state index contributed by atoms with van der Waals surface area (Å²) in [6, 6.07) is 4.78. The van der Waals surface area contributed by atoms with Crippen LogP contribution >= 0.6 is 0 Å². The van der Waals surface area contributed by atoms with Gasteiger partial charge in [-0.05, 0) is 30.5 Å². The quantitative estimate of drug-likeness (QED) is 0.468. The van der Waals surface area contributed by atoms with E-state index in [0.717, 1.165) is 18.3 Å². The summed E-state index contributed by atoms with van der Waals surface area (Å²) >= 11 is 0. The van der Waals surface area contributed by atoms with Gasteiger partial charge in [0.2, 0.25) is 0 Å². The zero-order valence-corrected chi connectivity index (χ0v) is 9.10. The molecule has 0 saturated heterocycles. The molecule has 0 saturated carbocycles. The fraction of sp³-hybridized carbons (Fsp3) is 0.333. The Morgan fingerprint density at radius 1 is 1.50 bits per heavy atom. The lowest BCUT2D eigenvalue weighted by Gasteiger charge is -2.05. The number of carbonyl (C=O) groups excluding carboxylic acids is 2. The molecule has 0 unspecified atom stereocenters. The van der Waals surface area contributed by atoms with E-state index >= 15 is 0 Å². The molecule has 4 nitrogen and oxygen atoms in total. The van der Waals surface area contributed by atoms with Crippen molar-refractivity contribution >= 4 is 12.3 Å². The van der Waals surface area contributed by atoms with Gasteiger partial charge in [0.1, 0.15) is 17.6 Å². The molecule has 4 heteroatoms. The summed E-state index contributed by atoms with van der Waals surface area (Å²) in [6.07, 6.45) is 2.79. The Hall–Kier alpha value is -1.84. The van der Waals surface area contributed by atoms with E-state index in [-0.39, 0.29) is 11.3 Å². The van der Waals surface area contributed by atoms with Crippen LogP contribution in [0.5, 0.6) is 5.75 Å². The summed E-state index contributed by atoms with van der Waals surface area (Å²) < 4.78 is 4.54. The summed E-state index contributed by atoms with van der Waals surface area (Å²) in [7, 11) is 1.26. The molecule has 1 N–H and O–H groups in total. The molecule has 0 spiro atoms. The summed E-state index contributed by atoms with van der Waals surface area (Å²) in [4.78, 5) is 21.4. The molecular weight excluding hydrogens is 208 g/mol. The fourth-order valence-corrected chi connectivity index (χ4v) is 1.40. The molecule has 1 rings (SSSR count). The molecule has 0 bridgehead atoms.